The Kier molecular flexibility index (Phi) is 6.92. The summed E-state index contributed by atoms with van der Waals surface area (Å²) in [5.74, 6) is -2.30. The highest BCUT2D eigenvalue weighted by atomic mass is 16.6. The Morgan fingerprint density at radius 3 is 2.16 bits per heavy atom. The van der Waals surface area contributed by atoms with Crippen LogP contribution in [-0.2, 0) is 41.7 Å². The molecular formula is C15H22N2O8. The molecule has 1 amide bonds. The summed E-state index contributed by atoms with van der Waals surface area (Å²) in [6, 6.07) is 0. The van der Waals surface area contributed by atoms with Gasteiger partial charge in [-0.1, -0.05) is 0 Å². The van der Waals surface area contributed by atoms with Crippen LogP contribution in [0.2, 0.25) is 0 Å². The molecule has 0 aliphatic carbocycles. The van der Waals surface area contributed by atoms with Crippen molar-refractivity contribution in [3.8, 4) is 0 Å². The second-order valence-corrected chi connectivity index (χ2v) is 5.30. The molecule has 25 heavy (non-hydrogen) atoms. The van der Waals surface area contributed by atoms with Gasteiger partial charge >= 0.3 is 11.9 Å². The zero-order valence-corrected chi connectivity index (χ0v) is 14.8. The molecular weight excluding hydrogens is 336 g/mol. The van der Waals surface area contributed by atoms with Crippen molar-refractivity contribution in [3.63, 3.8) is 0 Å². The third-order valence-corrected chi connectivity index (χ3v) is 3.61. The van der Waals surface area contributed by atoms with Crippen LogP contribution in [0.25, 0.3) is 0 Å². The number of carbonyl (C=O) groups excluding carboxylic acids is 3. The maximum atomic E-state index is 12.3. The summed E-state index contributed by atoms with van der Waals surface area (Å²) >= 11 is 0. The fraction of sp³-hybridized carbons (Fsp3) is 0.600. The van der Waals surface area contributed by atoms with E-state index in [-0.39, 0.29) is 25.1 Å². The van der Waals surface area contributed by atoms with Crippen LogP contribution in [-0.4, -0.2) is 49.5 Å². The van der Waals surface area contributed by atoms with E-state index in [1.54, 1.807) is 6.92 Å². The first-order valence-electron chi connectivity index (χ1n) is 7.37. The standard InChI is InChI=1S/C15H22N2O8/c1-9-11(12(19)17(25-9)8-22-3)6-7-15(13(20)23-4,14(21)24-5)16-10(2)18/h6-8H2,1-5H3,(H,16,18). The molecule has 1 aromatic rings. The summed E-state index contributed by atoms with van der Waals surface area (Å²) in [4.78, 5) is 48.2. The van der Waals surface area contributed by atoms with Crippen LogP contribution < -0.4 is 10.9 Å². The lowest BCUT2D eigenvalue weighted by Crippen LogP contribution is -2.61. The van der Waals surface area contributed by atoms with Gasteiger partial charge in [-0.15, -0.1) is 4.74 Å². The van der Waals surface area contributed by atoms with Crippen molar-refractivity contribution in [3.05, 3.63) is 21.7 Å². The van der Waals surface area contributed by atoms with E-state index < -0.39 is 28.9 Å². The normalized spacial score (nSPS) is 11.1. The van der Waals surface area contributed by atoms with E-state index in [2.05, 4.69) is 14.8 Å². The van der Waals surface area contributed by atoms with Crippen LogP contribution in [0.5, 0.6) is 0 Å². The Bertz CT molecular complexity index is 687. The van der Waals surface area contributed by atoms with Gasteiger partial charge < -0.3 is 24.1 Å². The van der Waals surface area contributed by atoms with Crippen molar-refractivity contribution in [1.82, 2.24) is 10.1 Å². The monoisotopic (exact) mass is 358 g/mol. The Morgan fingerprint density at radius 2 is 1.72 bits per heavy atom. The van der Waals surface area contributed by atoms with Gasteiger partial charge in [-0.3, -0.25) is 9.59 Å². The number of carbonyl (C=O) groups is 3. The van der Waals surface area contributed by atoms with Crippen molar-refractivity contribution in [2.75, 3.05) is 21.3 Å². The number of ether oxygens (including phenoxy) is 3. The molecule has 1 heterocycles. The average molecular weight is 358 g/mol. The molecule has 10 nitrogen and oxygen atoms in total. The Balaban J connectivity index is 3.23. The lowest BCUT2D eigenvalue weighted by Gasteiger charge is -2.28. The third-order valence-electron chi connectivity index (χ3n) is 3.61. The zero-order chi connectivity index (χ0) is 19.2. The van der Waals surface area contributed by atoms with E-state index in [4.69, 9.17) is 9.26 Å². The minimum Gasteiger partial charge on any atom is -0.467 e. The number of aromatic nitrogens is 1. The molecule has 0 atom stereocenters. The molecule has 0 aliphatic rings. The van der Waals surface area contributed by atoms with Gasteiger partial charge in [0, 0.05) is 14.0 Å². The maximum Gasteiger partial charge on any atom is 0.343 e. The van der Waals surface area contributed by atoms with E-state index in [9.17, 15) is 19.2 Å². The number of hydrogen-bond donors (Lipinski definition) is 1. The van der Waals surface area contributed by atoms with E-state index >= 15 is 0 Å². The maximum absolute atomic E-state index is 12.3. The first-order chi connectivity index (χ1) is 11.7. The molecule has 0 fully saturated rings. The van der Waals surface area contributed by atoms with Crippen molar-refractivity contribution < 1.29 is 33.1 Å². The van der Waals surface area contributed by atoms with Gasteiger partial charge in [-0.25, -0.2) is 9.59 Å². The fourth-order valence-electron chi connectivity index (χ4n) is 2.46. The molecule has 0 saturated heterocycles. The summed E-state index contributed by atoms with van der Waals surface area (Å²) in [6.45, 7) is 2.64. The topological polar surface area (TPSA) is 126 Å². The van der Waals surface area contributed by atoms with Crippen molar-refractivity contribution in [2.24, 2.45) is 0 Å². The third kappa shape index (κ3) is 4.27. The molecule has 140 valence electrons. The first-order valence-corrected chi connectivity index (χ1v) is 7.37. The SMILES string of the molecule is COCn1oc(C)c(CCC(NC(C)=O)(C(=O)OC)C(=O)OC)c1=O. The number of amides is 1. The summed E-state index contributed by atoms with van der Waals surface area (Å²) in [5.41, 5.74) is -2.26. The number of nitrogens with zero attached hydrogens (tertiary/aromatic N) is 1. The quantitative estimate of drug-likeness (QED) is 0.487. The molecule has 0 aliphatic heterocycles. The van der Waals surface area contributed by atoms with Crippen LogP contribution in [0.4, 0.5) is 0 Å². The largest absolute Gasteiger partial charge is 0.467 e. The van der Waals surface area contributed by atoms with E-state index in [1.807, 2.05) is 0 Å². The van der Waals surface area contributed by atoms with Crippen LogP contribution in [0.1, 0.15) is 24.7 Å². The van der Waals surface area contributed by atoms with Gasteiger partial charge in [-0.05, 0) is 19.8 Å². The van der Waals surface area contributed by atoms with Gasteiger partial charge in [0.2, 0.25) is 11.4 Å². The highest BCUT2D eigenvalue weighted by molar-refractivity contribution is 6.07. The van der Waals surface area contributed by atoms with Gasteiger partial charge in [0.05, 0.1) is 19.8 Å². The second kappa shape index (κ2) is 8.47. The predicted molar refractivity (Wildman–Crippen MR) is 83.6 cm³/mol. The number of aryl methyl sites for hydroxylation is 1. The summed E-state index contributed by atoms with van der Waals surface area (Å²) in [6.07, 6.45) is -0.274. The Labute approximate surface area is 144 Å². The fourth-order valence-corrected chi connectivity index (χ4v) is 2.46. The summed E-state index contributed by atoms with van der Waals surface area (Å²) in [5, 5.41) is 2.28. The predicted octanol–water partition coefficient (Wildman–Crippen LogP) is -0.493. The number of rotatable bonds is 8. The van der Waals surface area contributed by atoms with E-state index in [0.717, 1.165) is 25.9 Å². The molecule has 0 bridgehead atoms. The van der Waals surface area contributed by atoms with Gasteiger partial charge in [0.25, 0.3) is 5.56 Å². The molecule has 1 N–H and O–H groups in total. The van der Waals surface area contributed by atoms with E-state index in [1.165, 1.54) is 7.11 Å². The molecule has 0 aromatic carbocycles. The number of methoxy groups -OCH3 is 3. The smallest absolute Gasteiger partial charge is 0.343 e. The molecule has 10 heteroatoms. The van der Waals surface area contributed by atoms with Crippen molar-refractivity contribution >= 4 is 17.8 Å². The van der Waals surface area contributed by atoms with Gasteiger partial charge in [0.15, 0.2) is 6.73 Å². The molecule has 0 unspecified atom stereocenters. The lowest BCUT2D eigenvalue weighted by atomic mass is 9.91. The Hall–Kier alpha value is -2.62. The molecule has 0 spiro atoms. The number of hydrogen-bond acceptors (Lipinski definition) is 8. The van der Waals surface area contributed by atoms with Gasteiger partial charge in [0.1, 0.15) is 5.76 Å². The number of nitrogens with one attached hydrogen (secondary N) is 1. The minimum absolute atomic E-state index is 0.0324. The Morgan fingerprint density at radius 1 is 1.16 bits per heavy atom. The molecule has 0 radical (unpaired) electrons. The van der Waals surface area contributed by atoms with Crippen LogP contribution >= 0.6 is 0 Å². The molecule has 0 saturated carbocycles. The number of esters is 2. The van der Waals surface area contributed by atoms with Crippen LogP contribution in [0, 0.1) is 6.92 Å². The van der Waals surface area contributed by atoms with Crippen LogP contribution in [0.3, 0.4) is 0 Å². The second-order valence-electron chi connectivity index (χ2n) is 5.30. The minimum atomic E-state index is -2.06. The molecule has 1 aromatic heterocycles. The summed E-state index contributed by atoms with van der Waals surface area (Å²) < 4.78 is 20.4. The average Bonchev–Trinajstić information content (AvgIpc) is 2.83. The van der Waals surface area contributed by atoms with E-state index in [0.29, 0.717) is 5.76 Å². The highest BCUT2D eigenvalue weighted by Crippen LogP contribution is 2.19. The van der Waals surface area contributed by atoms with Crippen LogP contribution in [0.15, 0.2) is 9.32 Å². The molecule has 1 rings (SSSR count). The zero-order valence-electron chi connectivity index (χ0n) is 14.8. The first kappa shape index (κ1) is 20.4. The lowest BCUT2D eigenvalue weighted by molar-refractivity contribution is -0.165. The van der Waals surface area contributed by atoms with Crippen molar-refractivity contribution in [1.29, 1.82) is 0 Å². The summed E-state index contributed by atoms with van der Waals surface area (Å²) in [7, 11) is 3.56. The van der Waals surface area contributed by atoms with Crippen molar-refractivity contribution in [2.45, 2.75) is 39.0 Å². The van der Waals surface area contributed by atoms with Gasteiger partial charge in [-0.2, -0.15) is 0 Å². The highest BCUT2D eigenvalue weighted by Gasteiger charge is 2.49.